The van der Waals surface area contributed by atoms with E-state index in [4.69, 9.17) is 11.6 Å². The summed E-state index contributed by atoms with van der Waals surface area (Å²) in [5.74, 6) is 0. The zero-order chi connectivity index (χ0) is 6.27. The van der Waals surface area contributed by atoms with Crippen LogP contribution in [0.4, 0.5) is 0 Å². The zero-order valence-electron chi connectivity index (χ0n) is 5.31. The minimum Gasteiger partial charge on any atom is -0.373 e. The second kappa shape index (κ2) is 1.91. The molecule has 0 unspecified atom stereocenters. The first-order chi connectivity index (χ1) is 4.36. The maximum Gasteiger partial charge on any atom is 0.0565 e. The fraction of sp³-hybridized carbons (Fsp3) is 0.714. The van der Waals surface area contributed by atoms with Crippen molar-refractivity contribution in [2.45, 2.75) is 18.2 Å². The molecular formula is C7H10ClN. The number of rotatable bonds is 0. The molecule has 1 atom stereocenters. The molecular weight excluding hydrogens is 134 g/mol. The predicted octanol–water partition coefficient (Wildman–Crippen LogP) is 1.59. The quantitative estimate of drug-likeness (QED) is 0.466. The van der Waals surface area contributed by atoms with Crippen molar-refractivity contribution in [3.05, 3.63) is 11.8 Å². The lowest BCUT2D eigenvalue weighted by atomic mass is 10.3. The molecule has 2 heteroatoms. The molecule has 0 spiro atoms. The summed E-state index contributed by atoms with van der Waals surface area (Å²) in [5, 5.41) is 0.386. The van der Waals surface area contributed by atoms with Crippen molar-refractivity contribution in [2.75, 3.05) is 13.1 Å². The second-order valence-electron chi connectivity index (χ2n) is 2.73. The van der Waals surface area contributed by atoms with E-state index in [2.05, 4.69) is 11.0 Å². The van der Waals surface area contributed by atoms with Gasteiger partial charge in [0.15, 0.2) is 0 Å². The fourth-order valence-corrected chi connectivity index (χ4v) is 1.94. The van der Waals surface area contributed by atoms with Crippen molar-refractivity contribution in [3.8, 4) is 0 Å². The van der Waals surface area contributed by atoms with Crippen LogP contribution in [-0.4, -0.2) is 23.4 Å². The average molecular weight is 144 g/mol. The number of allylic oxidation sites excluding steroid dienone is 1. The highest BCUT2D eigenvalue weighted by atomic mass is 35.5. The Hall–Kier alpha value is -0.170. The van der Waals surface area contributed by atoms with E-state index < -0.39 is 0 Å². The van der Waals surface area contributed by atoms with Gasteiger partial charge in [0.2, 0.25) is 0 Å². The smallest absolute Gasteiger partial charge is 0.0565 e. The first-order valence-corrected chi connectivity index (χ1v) is 3.88. The van der Waals surface area contributed by atoms with Crippen LogP contribution >= 0.6 is 11.6 Å². The average Bonchev–Trinajstić information content (AvgIpc) is 2.22. The molecule has 0 amide bonds. The Balaban J connectivity index is 2.15. The van der Waals surface area contributed by atoms with E-state index in [-0.39, 0.29) is 0 Å². The van der Waals surface area contributed by atoms with Gasteiger partial charge in [0.05, 0.1) is 5.38 Å². The fourth-order valence-electron chi connectivity index (χ4n) is 1.61. The number of alkyl halides is 1. The van der Waals surface area contributed by atoms with Crippen LogP contribution in [0.1, 0.15) is 12.8 Å². The van der Waals surface area contributed by atoms with Crippen molar-refractivity contribution in [1.82, 2.24) is 4.90 Å². The van der Waals surface area contributed by atoms with Crippen LogP contribution in [-0.2, 0) is 0 Å². The third-order valence-corrected chi connectivity index (χ3v) is 2.33. The molecule has 0 saturated carbocycles. The lowest BCUT2D eigenvalue weighted by molar-refractivity contribution is 0.429. The Kier molecular flexibility index (Phi) is 1.19. The molecule has 2 aliphatic heterocycles. The summed E-state index contributed by atoms with van der Waals surface area (Å²) in [6.07, 6.45) is 4.64. The normalized spacial score (nSPS) is 32.8. The third kappa shape index (κ3) is 0.837. The van der Waals surface area contributed by atoms with Crippen molar-refractivity contribution in [3.63, 3.8) is 0 Å². The van der Waals surface area contributed by atoms with E-state index in [0.29, 0.717) is 5.38 Å². The van der Waals surface area contributed by atoms with Crippen LogP contribution in [0, 0.1) is 0 Å². The van der Waals surface area contributed by atoms with Crippen molar-refractivity contribution in [1.29, 1.82) is 0 Å². The van der Waals surface area contributed by atoms with Gasteiger partial charge in [-0.05, 0) is 6.42 Å². The Bertz CT molecular complexity index is 153. The number of nitrogens with zero attached hydrogens (tertiary/aromatic N) is 1. The molecule has 50 valence electrons. The minimum absolute atomic E-state index is 0.386. The van der Waals surface area contributed by atoms with Crippen LogP contribution in [0.25, 0.3) is 0 Å². The summed E-state index contributed by atoms with van der Waals surface area (Å²) in [5.41, 5.74) is 1.48. The second-order valence-corrected chi connectivity index (χ2v) is 3.35. The molecule has 0 aromatic heterocycles. The van der Waals surface area contributed by atoms with Crippen LogP contribution in [0.15, 0.2) is 11.8 Å². The van der Waals surface area contributed by atoms with Crippen LogP contribution < -0.4 is 0 Å². The summed E-state index contributed by atoms with van der Waals surface area (Å²) in [7, 11) is 0. The highest BCUT2D eigenvalue weighted by Gasteiger charge is 2.26. The Morgan fingerprint density at radius 1 is 1.67 bits per heavy atom. The first kappa shape index (κ1) is 5.60. The van der Waals surface area contributed by atoms with Crippen molar-refractivity contribution >= 4 is 11.6 Å². The predicted molar refractivity (Wildman–Crippen MR) is 38.5 cm³/mol. The highest BCUT2D eigenvalue weighted by molar-refractivity contribution is 6.21. The maximum absolute atomic E-state index is 5.93. The van der Waals surface area contributed by atoms with Gasteiger partial charge in [0.25, 0.3) is 0 Å². The molecule has 0 aliphatic carbocycles. The molecule has 0 N–H and O–H groups in total. The molecule has 2 aliphatic rings. The van der Waals surface area contributed by atoms with Crippen LogP contribution in [0.5, 0.6) is 0 Å². The molecule has 1 nitrogen and oxygen atoms in total. The highest BCUT2D eigenvalue weighted by Crippen LogP contribution is 2.29. The van der Waals surface area contributed by atoms with E-state index in [1.54, 1.807) is 0 Å². The number of fused-ring (bicyclic) bond motifs is 1. The van der Waals surface area contributed by atoms with Crippen molar-refractivity contribution < 1.29 is 0 Å². The van der Waals surface area contributed by atoms with Gasteiger partial charge in [0.1, 0.15) is 0 Å². The summed E-state index contributed by atoms with van der Waals surface area (Å²) < 4.78 is 0. The van der Waals surface area contributed by atoms with Gasteiger partial charge in [-0.2, -0.15) is 0 Å². The monoisotopic (exact) mass is 143 g/mol. The van der Waals surface area contributed by atoms with E-state index in [1.807, 2.05) is 0 Å². The lowest BCUT2D eigenvalue weighted by Crippen LogP contribution is -2.16. The van der Waals surface area contributed by atoms with Crippen LogP contribution in [0.2, 0.25) is 0 Å². The summed E-state index contributed by atoms with van der Waals surface area (Å²) in [4.78, 5) is 2.39. The Morgan fingerprint density at radius 3 is 3.33 bits per heavy atom. The number of hydrogen-bond acceptors (Lipinski definition) is 1. The molecule has 9 heavy (non-hydrogen) atoms. The first-order valence-electron chi connectivity index (χ1n) is 3.44. The lowest BCUT2D eigenvalue weighted by Gasteiger charge is -2.11. The molecule has 0 radical (unpaired) electrons. The molecule has 2 rings (SSSR count). The van der Waals surface area contributed by atoms with E-state index in [1.165, 1.54) is 18.7 Å². The van der Waals surface area contributed by atoms with Crippen LogP contribution in [0.3, 0.4) is 0 Å². The Morgan fingerprint density at radius 2 is 2.56 bits per heavy atom. The van der Waals surface area contributed by atoms with E-state index >= 15 is 0 Å². The van der Waals surface area contributed by atoms with Gasteiger partial charge >= 0.3 is 0 Å². The maximum atomic E-state index is 5.93. The summed E-state index contributed by atoms with van der Waals surface area (Å²) in [6.45, 7) is 2.28. The standard InChI is InChI=1S/C7H10ClN/c8-6-4-7-2-1-3-9(7)5-6/h2,6H,1,3-5H2/t6-/m0/s1. The third-order valence-electron chi connectivity index (χ3n) is 2.03. The topological polar surface area (TPSA) is 3.24 Å². The SMILES string of the molecule is Cl[C@H]1CC2=CCCN2C1. The molecule has 2 heterocycles. The largest absolute Gasteiger partial charge is 0.373 e. The van der Waals surface area contributed by atoms with E-state index in [9.17, 15) is 0 Å². The molecule has 0 bridgehead atoms. The molecule has 1 fully saturated rings. The molecule has 1 saturated heterocycles. The number of halogens is 1. The zero-order valence-corrected chi connectivity index (χ0v) is 6.06. The minimum atomic E-state index is 0.386. The van der Waals surface area contributed by atoms with Gasteiger partial charge in [0, 0.05) is 25.2 Å². The Labute approximate surface area is 60.3 Å². The van der Waals surface area contributed by atoms with Crippen molar-refractivity contribution in [2.24, 2.45) is 0 Å². The van der Waals surface area contributed by atoms with Gasteiger partial charge in [-0.15, -0.1) is 11.6 Å². The summed E-state index contributed by atoms with van der Waals surface area (Å²) >= 11 is 5.93. The van der Waals surface area contributed by atoms with Gasteiger partial charge in [-0.3, -0.25) is 0 Å². The molecule has 0 aromatic rings. The summed E-state index contributed by atoms with van der Waals surface area (Å²) in [6, 6.07) is 0. The molecule has 0 aromatic carbocycles. The van der Waals surface area contributed by atoms with Gasteiger partial charge in [-0.1, -0.05) is 6.08 Å². The van der Waals surface area contributed by atoms with Gasteiger partial charge in [-0.25, -0.2) is 0 Å². The van der Waals surface area contributed by atoms with Gasteiger partial charge < -0.3 is 4.90 Å². The number of hydrogen-bond donors (Lipinski definition) is 0. The van der Waals surface area contributed by atoms with E-state index in [0.717, 1.165) is 13.0 Å².